The molecule has 0 unspecified atom stereocenters. The lowest BCUT2D eigenvalue weighted by atomic mass is 10.0. The number of nitrogens with zero attached hydrogens (tertiary/aromatic N) is 2. The van der Waals surface area contributed by atoms with Crippen molar-refractivity contribution in [1.29, 1.82) is 0 Å². The number of halogens is 1. The minimum Gasteiger partial charge on any atom is -0.465 e. The molecule has 0 spiro atoms. The van der Waals surface area contributed by atoms with Gasteiger partial charge in [0.2, 0.25) is 0 Å². The van der Waals surface area contributed by atoms with Crippen molar-refractivity contribution >= 4 is 17.6 Å². The first-order valence-electron chi connectivity index (χ1n) is 9.70. The normalized spacial score (nSPS) is 17.8. The number of piperazine rings is 1. The van der Waals surface area contributed by atoms with Gasteiger partial charge < -0.3 is 9.84 Å². The number of ether oxygens (including phenoxy) is 1. The topological polar surface area (TPSA) is 53.0 Å². The minimum atomic E-state index is -0.509. The molecule has 1 aliphatic heterocycles. The smallest absolute Gasteiger partial charge is 0.328 e. The second kappa shape index (κ2) is 10.0. The lowest BCUT2D eigenvalue weighted by molar-refractivity contribution is -0.150. The molecule has 0 aliphatic carbocycles. The van der Waals surface area contributed by atoms with E-state index in [4.69, 9.17) is 16.3 Å². The van der Waals surface area contributed by atoms with Gasteiger partial charge in [-0.25, -0.2) is 4.79 Å². The Morgan fingerprint density at radius 3 is 2.29 bits per heavy atom. The lowest BCUT2D eigenvalue weighted by Gasteiger charge is -2.39. The molecule has 1 fully saturated rings. The van der Waals surface area contributed by atoms with E-state index in [-0.39, 0.29) is 5.97 Å². The summed E-state index contributed by atoms with van der Waals surface area (Å²) in [6, 6.07) is 16.6. The summed E-state index contributed by atoms with van der Waals surface area (Å²) in [7, 11) is 0. The van der Waals surface area contributed by atoms with Crippen LogP contribution in [0.2, 0.25) is 5.02 Å². The van der Waals surface area contributed by atoms with Crippen molar-refractivity contribution in [2.75, 3.05) is 39.3 Å². The van der Waals surface area contributed by atoms with Crippen LogP contribution in [0.5, 0.6) is 0 Å². The second-order valence-corrected chi connectivity index (χ2v) is 7.41. The van der Waals surface area contributed by atoms with Crippen molar-refractivity contribution in [3.63, 3.8) is 0 Å². The van der Waals surface area contributed by atoms with Crippen LogP contribution < -0.4 is 0 Å². The van der Waals surface area contributed by atoms with Gasteiger partial charge in [0.05, 0.1) is 12.7 Å². The summed E-state index contributed by atoms with van der Waals surface area (Å²) in [4.78, 5) is 17.0. The van der Waals surface area contributed by atoms with Crippen molar-refractivity contribution < 1.29 is 14.6 Å². The van der Waals surface area contributed by atoms with E-state index in [2.05, 4.69) is 9.80 Å². The molecular weight excluding hydrogens is 376 g/mol. The molecule has 6 heteroatoms. The van der Waals surface area contributed by atoms with Gasteiger partial charge in [-0.2, -0.15) is 0 Å². The number of aliphatic hydroxyl groups is 1. The maximum absolute atomic E-state index is 12.6. The molecule has 2 aromatic rings. The summed E-state index contributed by atoms with van der Waals surface area (Å²) in [5.41, 5.74) is 1.82. The van der Waals surface area contributed by atoms with Crippen LogP contribution >= 0.6 is 11.6 Å². The molecule has 5 nitrogen and oxygen atoms in total. The van der Waals surface area contributed by atoms with Crippen molar-refractivity contribution in [2.45, 2.75) is 19.1 Å². The van der Waals surface area contributed by atoms with E-state index in [9.17, 15) is 9.90 Å². The number of esters is 1. The van der Waals surface area contributed by atoms with Crippen LogP contribution in [-0.4, -0.2) is 60.2 Å². The summed E-state index contributed by atoms with van der Waals surface area (Å²) in [5, 5.41) is 11.1. The molecule has 2 aromatic carbocycles. The number of carbonyl (C=O) groups excluding carboxylic acids is 1. The van der Waals surface area contributed by atoms with Crippen LogP contribution in [0.25, 0.3) is 0 Å². The third kappa shape index (κ3) is 5.32. The summed E-state index contributed by atoms with van der Waals surface area (Å²) in [6.45, 7) is 5.79. The fourth-order valence-electron chi connectivity index (χ4n) is 3.59. The Morgan fingerprint density at radius 2 is 1.68 bits per heavy atom. The number of aliphatic hydroxyl groups excluding tert-OH is 1. The molecule has 2 atom stereocenters. The highest BCUT2D eigenvalue weighted by Gasteiger charge is 2.32. The maximum Gasteiger partial charge on any atom is 0.328 e. The van der Waals surface area contributed by atoms with Crippen molar-refractivity contribution in [1.82, 2.24) is 9.80 Å². The highest BCUT2D eigenvalue weighted by molar-refractivity contribution is 6.30. The fraction of sp³-hybridized carbons (Fsp3) is 0.409. The minimum absolute atomic E-state index is 0.234. The molecule has 1 heterocycles. The van der Waals surface area contributed by atoms with Gasteiger partial charge in [0, 0.05) is 37.7 Å². The molecule has 1 aliphatic rings. The van der Waals surface area contributed by atoms with Crippen LogP contribution in [0.4, 0.5) is 0 Å². The van der Waals surface area contributed by atoms with E-state index in [1.54, 1.807) is 12.1 Å². The van der Waals surface area contributed by atoms with Gasteiger partial charge in [0.1, 0.15) is 6.04 Å². The van der Waals surface area contributed by atoms with Gasteiger partial charge in [-0.15, -0.1) is 0 Å². The van der Waals surface area contributed by atoms with Crippen molar-refractivity contribution in [3.8, 4) is 0 Å². The molecule has 1 N–H and O–H groups in total. The number of β-amino-alcohol motifs (C(OH)–C–C–N with tert-alkyl or cyclic N) is 1. The lowest BCUT2D eigenvalue weighted by Crippen LogP contribution is -2.50. The molecule has 150 valence electrons. The first-order valence-corrected chi connectivity index (χ1v) is 10.1. The molecular formula is C22H27ClN2O3. The number of rotatable bonds is 7. The average molecular weight is 403 g/mol. The van der Waals surface area contributed by atoms with E-state index in [1.165, 1.54) is 0 Å². The van der Waals surface area contributed by atoms with E-state index in [1.807, 2.05) is 49.4 Å². The van der Waals surface area contributed by atoms with Crippen molar-refractivity contribution in [2.24, 2.45) is 0 Å². The maximum atomic E-state index is 12.6. The summed E-state index contributed by atoms with van der Waals surface area (Å²) in [6.07, 6.45) is -0.509. The standard InChI is InChI=1S/C22H27ClN2O3/c1-2-28-22(27)21(18-8-10-19(23)11-9-18)25-14-12-24(13-15-25)16-20(26)17-6-4-3-5-7-17/h3-11,20-21,26H,2,12-16H2,1H3/t20-,21+/m0/s1. The first kappa shape index (κ1) is 20.8. The van der Waals surface area contributed by atoms with Gasteiger partial charge >= 0.3 is 5.97 Å². The Labute approximate surface area is 171 Å². The van der Waals surface area contributed by atoms with Crippen LogP contribution in [0, 0.1) is 0 Å². The third-order valence-corrected chi connectivity index (χ3v) is 5.34. The Balaban J connectivity index is 1.63. The van der Waals surface area contributed by atoms with Gasteiger partial charge in [0.15, 0.2) is 0 Å². The largest absolute Gasteiger partial charge is 0.465 e. The Hall–Kier alpha value is -1.92. The Morgan fingerprint density at radius 1 is 1.04 bits per heavy atom. The molecule has 3 rings (SSSR count). The van der Waals surface area contributed by atoms with E-state index in [0.29, 0.717) is 18.2 Å². The third-order valence-electron chi connectivity index (χ3n) is 5.08. The summed E-state index contributed by atoms with van der Waals surface area (Å²) >= 11 is 6.00. The zero-order valence-corrected chi connectivity index (χ0v) is 16.9. The Bertz CT molecular complexity index is 746. The molecule has 0 radical (unpaired) electrons. The van der Waals surface area contributed by atoms with E-state index in [0.717, 1.165) is 37.3 Å². The average Bonchev–Trinajstić information content (AvgIpc) is 2.72. The predicted octanol–water partition coefficient (Wildman–Crippen LogP) is 3.30. The first-order chi connectivity index (χ1) is 13.6. The zero-order chi connectivity index (χ0) is 19.9. The predicted molar refractivity (Wildman–Crippen MR) is 110 cm³/mol. The van der Waals surface area contributed by atoms with Crippen LogP contribution in [0.3, 0.4) is 0 Å². The quantitative estimate of drug-likeness (QED) is 0.720. The van der Waals surface area contributed by atoms with Crippen LogP contribution in [0.15, 0.2) is 54.6 Å². The molecule has 0 amide bonds. The molecule has 0 saturated carbocycles. The second-order valence-electron chi connectivity index (χ2n) is 6.97. The molecule has 0 bridgehead atoms. The molecule has 0 aromatic heterocycles. The van der Waals surface area contributed by atoms with Crippen LogP contribution in [0.1, 0.15) is 30.2 Å². The fourth-order valence-corrected chi connectivity index (χ4v) is 3.72. The zero-order valence-electron chi connectivity index (χ0n) is 16.1. The van der Waals surface area contributed by atoms with Gasteiger partial charge in [0.25, 0.3) is 0 Å². The van der Waals surface area contributed by atoms with Crippen molar-refractivity contribution in [3.05, 3.63) is 70.7 Å². The highest BCUT2D eigenvalue weighted by atomic mass is 35.5. The SMILES string of the molecule is CCOC(=O)[C@@H](c1ccc(Cl)cc1)N1CCN(C[C@H](O)c2ccccc2)CC1. The monoisotopic (exact) mass is 402 g/mol. The van der Waals surface area contributed by atoms with Crippen LogP contribution in [-0.2, 0) is 9.53 Å². The molecule has 28 heavy (non-hydrogen) atoms. The summed E-state index contributed by atoms with van der Waals surface area (Å²) < 4.78 is 5.32. The number of hydrogen-bond donors (Lipinski definition) is 1. The van der Waals surface area contributed by atoms with E-state index >= 15 is 0 Å². The Kier molecular flexibility index (Phi) is 7.45. The highest BCUT2D eigenvalue weighted by Crippen LogP contribution is 2.26. The van der Waals surface area contributed by atoms with Gasteiger partial charge in [-0.3, -0.25) is 9.80 Å². The summed E-state index contributed by atoms with van der Waals surface area (Å²) in [5.74, 6) is -0.234. The van der Waals surface area contributed by atoms with E-state index < -0.39 is 12.1 Å². The molecule has 1 saturated heterocycles. The number of carbonyl (C=O) groups is 1. The van der Waals surface area contributed by atoms with Gasteiger partial charge in [-0.1, -0.05) is 54.1 Å². The number of hydrogen-bond acceptors (Lipinski definition) is 5. The van der Waals surface area contributed by atoms with Gasteiger partial charge in [-0.05, 0) is 30.2 Å². The number of benzene rings is 2.